The molecule has 0 N–H and O–H groups in total. The molecule has 0 spiro atoms. The molecule has 7 heteroatoms. The molecule has 1 aromatic carbocycles. The maximum atomic E-state index is 5.75. The molecule has 3 rings (SSSR count). The minimum absolute atomic E-state index is 0.106. The van der Waals surface area contributed by atoms with Crippen molar-refractivity contribution in [3.8, 4) is 0 Å². The summed E-state index contributed by atoms with van der Waals surface area (Å²) in [6.45, 7) is 9.47. The second-order valence-electron chi connectivity index (χ2n) is 6.63. The molecule has 0 aliphatic carbocycles. The normalized spacial score (nSPS) is 20.8. The second-order valence-corrected chi connectivity index (χ2v) is 8.99. The van der Waals surface area contributed by atoms with Crippen LogP contribution < -0.4 is 0 Å². The molecule has 2 aliphatic heterocycles. The van der Waals surface area contributed by atoms with Crippen LogP contribution in [0.5, 0.6) is 0 Å². The Hall–Kier alpha value is -0.598. The zero-order chi connectivity index (χ0) is 17.1. The number of hydrogen-bond acceptors (Lipinski definition) is 4. The summed E-state index contributed by atoms with van der Waals surface area (Å²) in [7, 11) is 9.63. The molecule has 0 saturated carbocycles. The molecule has 0 unspecified atom stereocenters. The van der Waals surface area contributed by atoms with Crippen molar-refractivity contribution in [3.05, 3.63) is 35.4 Å². The van der Waals surface area contributed by atoms with E-state index >= 15 is 0 Å². The summed E-state index contributed by atoms with van der Waals surface area (Å²) in [5, 5.41) is 0. The van der Waals surface area contributed by atoms with Gasteiger partial charge in [0.2, 0.25) is 11.8 Å². The second kappa shape index (κ2) is 7.53. The Kier molecular flexibility index (Phi) is 6.13. The standard InChI is InChI=1S/C16H20N2O2.2ClH.Pd/c1-15(2)9-19-13(17-15)11-7-5-6-8-12(11)14-18-16(3,4)10-20-14;;;/h5-8H,9-10H2,1-4H3;2*1H;/q;;;+2/p-2. The average Bonchev–Trinajstić information content (AvgIpc) is 3.02. The van der Waals surface area contributed by atoms with E-state index in [0.29, 0.717) is 25.0 Å². The van der Waals surface area contributed by atoms with Gasteiger partial charge in [0, 0.05) is 11.1 Å². The van der Waals surface area contributed by atoms with Gasteiger partial charge in [-0.05, 0) is 39.8 Å². The van der Waals surface area contributed by atoms with Crippen molar-refractivity contribution in [2.75, 3.05) is 13.2 Å². The summed E-state index contributed by atoms with van der Waals surface area (Å²) >= 11 is -0.106. The van der Waals surface area contributed by atoms with E-state index in [1.165, 1.54) is 0 Å². The quantitative estimate of drug-likeness (QED) is 0.636. The Morgan fingerprint density at radius 2 is 1.22 bits per heavy atom. The van der Waals surface area contributed by atoms with E-state index in [9.17, 15) is 0 Å². The summed E-state index contributed by atoms with van der Waals surface area (Å²) < 4.78 is 11.5. The van der Waals surface area contributed by atoms with Crippen LogP contribution in [0, 0.1) is 0 Å². The van der Waals surface area contributed by atoms with Crippen molar-refractivity contribution in [3.63, 3.8) is 0 Å². The van der Waals surface area contributed by atoms with Crippen LogP contribution in [0.15, 0.2) is 34.3 Å². The molecule has 2 heterocycles. The summed E-state index contributed by atoms with van der Waals surface area (Å²) in [6, 6.07) is 7.98. The van der Waals surface area contributed by atoms with Crippen molar-refractivity contribution < 1.29 is 25.4 Å². The maximum absolute atomic E-state index is 5.75. The fraction of sp³-hybridized carbons (Fsp3) is 0.500. The first-order chi connectivity index (χ1) is 10.8. The van der Waals surface area contributed by atoms with Gasteiger partial charge in [0.15, 0.2) is 0 Å². The number of halogens is 2. The van der Waals surface area contributed by atoms with Crippen molar-refractivity contribution in [1.82, 2.24) is 0 Å². The van der Waals surface area contributed by atoms with Crippen LogP contribution in [-0.4, -0.2) is 36.1 Å². The van der Waals surface area contributed by atoms with Crippen LogP contribution in [0.25, 0.3) is 0 Å². The van der Waals surface area contributed by atoms with Gasteiger partial charge in [-0.25, -0.2) is 9.98 Å². The Balaban J connectivity index is 0.000000595. The van der Waals surface area contributed by atoms with Gasteiger partial charge in [-0.2, -0.15) is 0 Å². The molecule has 0 aromatic heterocycles. The van der Waals surface area contributed by atoms with Gasteiger partial charge in [-0.3, -0.25) is 0 Å². The fourth-order valence-corrected chi connectivity index (χ4v) is 2.30. The number of nitrogens with zero attached hydrogens (tertiary/aromatic N) is 2. The van der Waals surface area contributed by atoms with E-state index in [1.807, 2.05) is 24.3 Å². The van der Waals surface area contributed by atoms with E-state index in [1.54, 1.807) is 0 Å². The molecule has 23 heavy (non-hydrogen) atoms. The zero-order valence-electron chi connectivity index (χ0n) is 13.5. The van der Waals surface area contributed by atoms with Gasteiger partial charge >= 0.3 is 35.0 Å². The molecule has 0 bridgehead atoms. The van der Waals surface area contributed by atoms with E-state index in [4.69, 9.17) is 28.5 Å². The molecule has 2 aliphatic rings. The van der Waals surface area contributed by atoms with Gasteiger partial charge in [0.1, 0.15) is 13.2 Å². The van der Waals surface area contributed by atoms with Crippen molar-refractivity contribution in [2.24, 2.45) is 9.98 Å². The van der Waals surface area contributed by atoms with Crippen molar-refractivity contribution in [1.29, 1.82) is 0 Å². The third-order valence-corrected chi connectivity index (χ3v) is 3.32. The summed E-state index contributed by atoms with van der Waals surface area (Å²) in [4.78, 5) is 9.29. The SMILES string of the molecule is CC1(C)COC(c2ccccc2C2=NC(C)(C)CO2)=N1.[Cl][Pd][Cl]. The molecule has 4 nitrogen and oxygen atoms in total. The van der Waals surface area contributed by atoms with Gasteiger partial charge in [-0.1, -0.05) is 12.1 Å². The molecule has 1 aromatic rings. The molecular formula is C16H20Cl2N2O2Pd. The number of ether oxygens (including phenoxy) is 2. The van der Waals surface area contributed by atoms with Crippen LogP contribution in [-0.2, 0) is 25.4 Å². The van der Waals surface area contributed by atoms with Gasteiger partial charge < -0.3 is 9.47 Å². The molecule has 130 valence electrons. The molecule has 0 amide bonds. The number of aliphatic imine (C=N–C) groups is 2. The molecule has 0 saturated heterocycles. The molecular weight excluding hydrogens is 430 g/mol. The summed E-state index contributed by atoms with van der Waals surface area (Å²) in [5.41, 5.74) is 1.57. The van der Waals surface area contributed by atoms with Gasteiger partial charge in [-0.15, -0.1) is 0 Å². The number of hydrogen-bond donors (Lipinski definition) is 0. The third-order valence-electron chi connectivity index (χ3n) is 3.32. The van der Waals surface area contributed by atoms with E-state index in [-0.39, 0.29) is 27.0 Å². The predicted molar refractivity (Wildman–Crippen MR) is 91.3 cm³/mol. The van der Waals surface area contributed by atoms with Crippen LogP contribution in [0.1, 0.15) is 38.8 Å². The van der Waals surface area contributed by atoms with Crippen LogP contribution in [0.3, 0.4) is 0 Å². The first-order valence-corrected chi connectivity index (χ1v) is 11.2. The van der Waals surface area contributed by atoms with E-state index in [0.717, 1.165) is 11.1 Å². The Labute approximate surface area is 153 Å². The van der Waals surface area contributed by atoms with Gasteiger partial charge in [0.25, 0.3) is 0 Å². The molecule has 0 radical (unpaired) electrons. The fourth-order valence-electron chi connectivity index (χ4n) is 2.30. The summed E-state index contributed by atoms with van der Waals surface area (Å²) in [6.07, 6.45) is 0. The van der Waals surface area contributed by atoms with E-state index in [2.05, 4.69) is 37.7 Å². The topological polar surface area (TPSA) is 43.2 Å². The van der Waals surface area contributed by atoms with Crippen LogP contribution in [0.4, 0.5) is 0 Å². The zero-order valence-corrected chi connectivity index (χ0v) is 16.6. The van der Waals surface area contributed by atoms with E-state index < -0.39 is 0 Å². The number of benzene rings is 1. The average molecular weight is 450 g/mol. The Morgan fingerprint density at radius 1 is 0.870 bits per heavy atom. The minimum atomic E-state index is -0.167. The number of rotatable bonds is 2. The van der Waals surface area contributed by atoms with Gasteiger partial charge in [0.05, 0.1) is 11.1 Å². The predicted octanol–water partition coefficient (Wildman–Crippen LogP) is 4.17. The van der Waals surface area contributed by atoms with Crippen molar-refractivity contribution in [2.45, 2.75) is 38.8 Å². The first kappa shape index (κ1) is 18.7. The molecule has 0 atom stereocenters. The van der Waals surface area contributed by atoms with Crippen LogP contribution >= 0.6 is 19.1 Å². The monoisotopic (exact) mass is 448 g/mol. The first-order valence-electron chi connectivity index (χ1n) is 7.15. The summed E-state index contributed by atoms with van der Waals surface area (Å²) in [5.74, 6) is 1.36. The third kappa shape index (κ3) is 4.94. The Morgan fingerprint density at radius 3 is 1.48 bits per heavy atom. The van der Waals surface area contributed by atoms with Crippen molar-refractivity contribution >= 4 is 30.9 Å². The Bertz CT molecular complexity index is 577. The van der Waals surface area contributed by atoms with Crippen LogP contribution in [0.2, 0.25) is 0 Å². The molecule has 0 fully saturated rings.